The van der Waals surface area contributed by atoms with Gasteiger partial charge >= 0.3 is 0 Å². The van der Waals surface area contributed by atoms with E-state index in [4.69, 9.17) is 22.1 Å². The van der Waals surface area contributed by atoms with Crippen molar-refractivity contribution in [3.63, 3.8) is 0 Å². The number of aromatic nitrogens is 2. The maximum Gasteiger partial charge on any atom is 0.213 e. The Morgan fingerprint density at radius 2 is 0.604 bits per heavy atom. The number of hydrogen-bond donors (Lipinski definition) is 0. The minimum absolute atomic E-state index is 0.266. The fraction of sp³-hybridized carbons (Fsp3) is 0.0240. The average molecular weight is 1720 g/mol. The smallest absolute Gasteiger partial charge is 0.213 e. The Bertz CT molecular complexity index is 9400. The summed E-state index contributed by atoms with van der Waals surface area (Å²) in [5.41, 5.74) is 39.7. The first-order valence-corrected chi connectivity index (χ1v) is 45.7. The molecule has 0 unspecified atom stereocenters. The number of oxazole rings is 2. The summed E-state index contributed by atoms with van der Waals surface area (Å²) in [5, 5.41) is 11.3. The molecule has 0 saturated heterocycles. The van der Waals surface area contributed by atoms with Gasteiger partial charge in [-0.2, -0.15) is 0 Å². The van der Waals surface area contributed by atoms with Crippen LogP contribution in [0.4, 0.5) is 34.1 Å². The minimum Gasteiger partial charge on any atom is -0.456 e. The van der Waals surface area contributed by atoms with Crippen molar-refractivity contribution in [3.8, 4) is 89.0 Å². The molecule has 9 nitrogen and oxygen atoms in total. The molecule has 134 heavy (non-hydrogen) atoms. The zero-order valence-electron chi connectivity index (χ0n) is 73.1. The molecule has 20 aromatic carbocycles. The van der Waals surface area contributed by atoms with Crippen LogP contribution in [0.25, 0.3) is 221 Å². The summed E-state index contributed by atoms with van der Waals surface area (Å²) in [7, 11) is 0. The third-order valence-electron chi connectivity index (χ3n) is 27.8. The highest BCUT2D eigenvalue weighted by Crippen LogP contribution is 2.55. The van der Waals surface area contributed by atoms with E-state index in [2.05, 4.69) is 469 Å². The van der Waals surface area contributed by atoms with Gasteiger partial charge in [0, 0.05) is 89.0 Å². The second-order valence-corrected chi connectivity index (χ2v) is 35.7. The van der Waals surface area contributed by atoms with Crippen LogP contribution in [0, 0.1) is 0 Å². The summed E-state index contributed by atoms with van der Waals surface area (Å²) in [6, 6.07) is 160. The average Bonchev–Trinajstić information content (AvgIpc) is 1.57. The van der Waals surface area contributed by atoms with Crippen molar-refractivity contribution >= 4 is 166 Å². The van der Waals surface area contributed by atoms with E-state index in [1.807, 2.05) is 12.1 Å². The molecule has 0 N–H and O–H groups in total. The Hall–Kier alpha value is -17.7. The molecule has 7 aromatic heterocycles. The summed E-state index contributed by atoms with van der Waals surface area (Å²) in [6.45, 7) is 4.74. The predicted molar refractivity (Wildman–Crippen MR) is 554 cm³/mol. The number of furan rings is 3. The number of hydrogen-bond acceptors (Lipinski definition) is 7. The van der Waals surface area contributed by atoms with Crippen LogP contribution in [0.3, 0.4) is 0 Å². The molecule has 0 aliphatic heterocycles. The van der Waals surface area contributed by atoms with Crippen LogP contribution in [-0.2, 0) is 5.41 Å². The Morgan fingerprint density at radius 3 is 1.21 bits per heavy atom. The number of nitrogens with zero attached hydrogens (tertiary/aromatic N) is 4. The van der Waals surface area contributed by atoms with Gasteiger partial charge in [0.15, 0.2) is 16.7 Å². The lowest BCUT2D eigenvalue weighted by molar-refractivity contribution is 0.658. The van der Waals surface area contributed by atoms with Crippen LogP contribution in [0.5, 0.6) is 0 Å². The highest BCUT2D eigenvalue weighted by molar-refractivity contribution is 6.20. The first-order chi connectivity index (χ1) is 66.2. The maximum absolute atomic E-state index is 6.99. The van der Waals surface area contributed by atoms with E-state index in [1.54, 1.807) is 0 Å². The molecular weight excluding hydrogens is 1640 g/mol. The van der Waals surface area contributed by atoms with Crippen molar-refractivity contribution in [1.29, 1.82) is 0 Å². The second kappa shape index (κ2) is 30.2. The zero-order chi connectivity index (χ0) is 88.4. The van der Waals surface area contributed by atoms with Crippen molar-refractivity contribution in [3.05, 3.63) is 460 Å². The van der Waals surface area contributed by atoms with Gasteiger partial charge in [0.1, 0.15) is 27.9 Å². The molecule has 0 fully saturated rings. The molecule has 0 radical (unpaired) electrons. The lowest BCUT2D eigenvalue weighted by Crippen LogP contribution is -2.16. The van der Waals surface area contributed by atoms with Crippen LogP contribution in [0.1, 0.15) is 25.0 Å². The number of fused-ring (bicyclic) bond motifs is 24. The largest absolute Gasteiger partial charge is 0.456 e. The van der Waals surface area contributed by atoms with E-state index in [0.29, 0.717) is 0 Å². The molecule has 1 aliphatic carbocycles. The Morgan fingerprint density at radius 1 is 0.209 bits per heavy atom. The molecule has 0 spiro atoms. The van der Waals surface area contributed by atoms with Crippen LogP contribution in [-0.4, -0.2) is 8.80 Å². The molecule has 7 heterocycles. The van der Waals surface area contributed by atoms with E-state index in [1.165, 1.54) is 60.7 Å². The third-order valence-corrected chi connectivity index (χ3v) is 27.8. The van der Waals surface area contributed by atoms with Crippen molar-refractivity contribution in [2.24, 2.45) is 0 Å². The van der Waals surface area contributed by atoms with Crippen molar-refractivity contribution in [1.82, 2.24) is 8.80 Å². The maximum atomic E-state index is 6.99. The summed E-state index contributed by atoms with van der Waals surface area (Å²) in [6.07, 6.45) is 0. The first kappa shape index (κ1) is 76.4. The lowest BCUT2D eigenvalue weighted by Gasteiger charge is -2.28. The highest BCUT2D eigenvalue weighted by Gasteiger charge is 2.37. The normalized spacial score (nSPS) is 12.5. The number of para-hydroxylation sites is 4. The lowest BCUT2D eigenvalue weighted by atomic mass is 9.81. The SMILES string of the molecule is CC1(C)c2cc(-c3ccc4oc5c(-c6ccccc6)c6ccccc6n5c4c3)ccc2-c2ccc(N(c3ccc(-c4ccccc4)cc3)c3ccc4c(c3)oc3ccc5ccccc5c34)cc21.c1ccc(-c2ccc(N(c3ccc4c(c3)oc3cc(-c5ccc6oc7c(-c8ccccc8)c8ccccc8n7c6c5)ccc34)c3cccc4c3oc3c(-c5ccccc5)cccc34)cc2)cc1. The van der Waals surface area contributed by atoms with Crippen molar-refractivity contribution in [2.45, 2.75) is 19.3 Å². The van der Waals surface area contributed by atoms with Gasteiger partial charge in [-0.25, -0.2) is 0 Å². The van der Waals surface area contributed by atoms with Gasteiger partial charge in [0.25, 0.3) is 0 Å². The van der Waals surface area contributed by atoms with E-state index >= 15 is 0 Å². The molecular formula is C125H80N4O5. The second-order valence-electron chi connectivity index (χ2n) is 35.7. The molecule has 1 aliphatic rings. The molecule has 27 aromatic rings. The quantitative estimate of drug-likeness (QED) is 0.114. The predicted octanol–water partition coefficient (Wildman–Crippen LogP) is 35.4. The molecule has 630 valence electrons. The highest BCUT2D eigenvalue weighted by atomic mass is 16.4. The van der Waals surface area contributed by atoms with Gasteiger partial charge in [0.05, 0.1) is 44.6 Å². The van der Waals surface area contributed by atoms with Gasteiger partial charge < -0.3 is 31.9 Å². The zero-order valence-corrected chi connectivity index (χ0v) is 73.1. The fourth-order valence-corrected chi connectivity index (χ4v) is 21.4. The fourth-order valence-electron chi connectivity index (χ4n) is 21.4. The first-order valence-electron chi connectivity index (χ1n) is 45.7. The summed E-state index contributed by atoms with van der Waals surface area (Å²) < 4.78 is 38.3. The Kier molecular flexibility index (Phi) is 17.2. The van der Waals surface area contributed by atoms with Gasteiger partial charge in [-0.05, 0) is 222 Å². The van der Waals surface area contributed by atoms with E-state index < -0.39 is 0 Å². The van der Waals surface area contributed by atoms with Crippen molar-refractivity contribution in [2.75, 3.05) is 9.80 Å². The number of anilines is 6. The topological polar surface area (TPSA) is 81.0 Å². The van der Waals surface area contributed by atoms with Gasteiger partial charge in [-0.15, -0.1) is 0 Å². The summed E-state index contributed by atoms with van der Waals surface area (Å²) >= 11 is 0. The monoisotopic (exact) mass is 1720 g/mol. The van der Waals surface area contributed by atoms with E-state index in [9.17, 15) is 0 Å². The molecule has 0 bridgehead atoms. The standard InChI is InChI=1S/C63H42N2O2.C62H38N2O3/c1-63(2)53-35-43(44-25-33-57-56(36-44)65-55-20-12-11-19-51(55)60(62(65)67-57)42-16-7-4-8-17-42)23-30-49(53)50-31-28-46(37-54(50)63)64(45-26-21-40(22-27-45)39-13-5-3-6-14-39)47-29-32-52-59(38-47)66-58-34-24-41-15-9-10-18-48(41)61(52)58;1-4-14-39(15-5-1)40-26-30-45(31-27-40)63(54-25-13-23-51-50-22-12-21-47(60(50)67-61(51)54)41-16-6-2-7-17-41)46-32-34-49-48-33-28-44(37-57(48)65-58(49)38-46)43-29-35-56-55(36-43)64-53-24-11-10-20-52(53)59(62(64)66-56)42-18-8-3-9-19-42/h3-38H,1-2H3;1-38H. The molecule has 28 rings (SSSR count). The van der Waals surface area contributed by atoms with Crippen molar-refractivity contribution < 1.29 is 22.1 Å². The van der Waals surface area contributed by atoms with Gasteiger partial charge in [0.2, 0.25) is 11.4 Å². The Labute approximate surface area is 769 Å². The number of benzene rings is 20. The molecule has 9 heteroatoms. The Balaban J connectivity index is 0.000000136. The summed E-state index contributed by atoms with van der Waals surface area (Å²) in [5.74, 6) is 0. The number of rotatable bonds is 13. The minimum atomic E-state index is -0.266. The van der Waals surface area contributed by atoms with Gasteiger partial charge in [-0.3, -0.25) is 8.80 Å². The summed E-state index contributed by atoms with van der Waals surface area (Å²) in [4.78, 5) is 4.66. The van der Waals surface area contributed by atoms with E-state index in [0.717, 1.165) is 206 Å². The molecule has 0 atom stereocenters. The molecule has 0 saturated carbocycles. The van der Waals surface area contributed by atoms with Gasteiger partial charge in [-0.1, -0.05) is 323 Å². The van der Waals surface area contributed by atoms with Crippen LogP contribution < -0.4 is 9.80 Å². The van der Waals surface area contributed by atoms with Crippen LogP contribution in [0.15, 0.2) is 471 Å². The molecule has 0 amide bonds. The third kappa shape index (κ3) is 12.2. The van der Waals surface area contributed by atoms with E-state index in [-0.39, 0.29) is 5.41 Å². The van der Waals surface area contributed by atoms with Crippen LogP contribution in [0.2, 0.25) is 0 Å². The van der Waals surface area contributed by atoms with Crippen LogP contribution >= 0.6 is 0 Å².